The van der Waals surface area contributed by atoms with Crippen LogP contribution in [0.4, 0.5) is 24.7 Å². The highest BCUT2D eigenvalue weighted by Gasteiger charge is 2.34. The predicted octanol–water partition coefficient (Wildman–Crippen LogP) is 5.28. The Morgan fingerprint density at radius 1 is 1.12 bits per heavy atom. The molecule has 0 fully saturated rings. The molecular weight excluding hydrogens is 440 g/mol. The molecule has 10 heteroatoms. The lowest BCUT2D eigenvalue weighted by atomic mass is 9.96. The molecule has 0 unspecified atom stereocenters. The van der Waals surface area contributed by atoms with Gasteiger partial charge in [-0.2, -0.15) is 13.2 Å². The number of nitrogens with zero attached hydrogens (tertiary/aromatic N) is 2. The normalized spacial score (nSPS) is 13.3. The van der Waals surface area contributed by atoms with Crippen LogP contribution in [-0.4, -0.2) is 30.4 Å². The summed E-state index contributed by atoms with van der Waals surface area (Å²) in [4.78, 5) is 8.90. The molecule has 0 aliphatic rings. The van der Waals surface area contributed by atoms with Crippen LogP contribution in [-0.2, 0) is 10.7 Å². The average Bonchev–Trinajstić information content (AvgIpc) is 2.66. The van der Waals surface area contributed by atoms with Crippen molar-refractivity contribution in [1.82, 2.24) is 9.97 Å². The summed E-state index contributed by atoms with van der Waals surface area (Å²) in [6.45, 7) is 8.15. The van der Waals surface area contributed by atoms with Gasteiger partial charge in [0.15, 0.2) is 0 Å². The van der Waals surface area contributed by atoms with Crippen molar-refractivity contribution in [1.29, 1.82) is 0 Å². The van der Waals surface area contributed by atoms with Gasteiger partial charge in [0, 0.05) is 17.1 Å². The number of nitrogen functional groups attached to an aromatic ring is 1. The molecule has 6 nitrogen and oxygen atoms in total. The molecule has 0 aliphatic heterocycles. The van der Waals surface area contributed by atoms with Crippen molar-refractivity contribution in [3.63, 3.8) is 0 Å². The van der Waals surface area contributed by atoms with E-state index in [0.717, 1.165) is 6.07 Å². The van der Waals surface area contributed by atoms with Gasteiger partial charge in [-0.25, -0.2) is 9.97 Å². The van der Waals surface area contributed by atoms with Crippen LogP contribution in [0.15, 0.2) is 24.3 Å². The molecule has 1 heterocycles. The second kappa shape index (κ2) is 8.28. The molecule has 2 aromatic carbocycles. The number of nitrogens with one attached hydrogen (secondary N) is 1. The number of methoxy groups -OCH3 is 1. The standard InChI is InChI=1S/C22H26F3N4O2P/c1-11-15(7-14(26)8-17(11)22(23,24)25)12(2)27-21-16-9-20(32(5,6)30)19(31-4)10-18(16)28-13(3)29-21/h7-10,12H,26H2,1-6H3,(H,27,28,29)/t12-/m1/s1. The number of anilines is 2. The van der Waals surface area contributed by atoms with E-state index in [-0.39, 0.29) is 11.3 Å². The number of halogens is 3. The van der Waals surface area contributed by atoms with Gasteiger partial charge < -0.3 is 20.4 Å². The van der Waals surface area contributed by atoms with Gasteiger partial charge in [0.25, 0.3) is 0 Å². The molecule has 0 saturated carbocycles. The number of benzene rings is 2. The number of fused-ring (bicyclic) bond motifs is 1. The Balaban J connectivity index is 2.15. The summed E-state index contributed by atoms with van der Waals surface area (Å²) in [5, 5.41) is 4.33. The lowest BCUT2D eigenvalue weighted by Gasteiger charge is -2.22. The van der Waals surface area contributed by atoms with Crippen LogP contribution in [0.25, 0.3) is 10.9 Å². The molecule has 0 radical (unpaired) electrons. The van der Waals surface area contributed by atoms with Crippen LogP contribution in [0, 0.1) is 13.8 Å². The number of alkyl halides is 3. The topological polar surface area (TPSA) is 90.1 Å². The first kappa shape index (κ1) is 23.9. The predicted molar refractivity (Wildman–Crippen MR) is 123 cm³/mol. The Bertz CT molecular complexity index is 1240. The second-order valence-electron chi connectivity index (χ2n) is 8.16. The van der Waals surface area contributed by atoms with E-state index in [1.54, 1.807) is 39.3 Å². The van der Waals surface area contributed by atoms with E-state index >= 15 is 0 Å². The maximum atomic E-state index is 13.5. The molecule has 0 bridgehead atoms. The van der Waals surface area contributed by atoms with E-state index in [9.17, 15) is 17.7 Å². The summed E-state index contributed by atoms with van der Waals surface area (Å²) in [7, 11) is -1.19. The van der Waals surface area contributed by atoms with Gasteiger partial charge >= 0.3 is 6.18 Å². The van der Waals surface area contributed by atoms with Crippen molar-refractivity contribution in [2.24, 2.45) is 0 Å². The third-order valence-electron chi connectivity index (χ3n) is 5.28. The van der Waals surface area contributed by atoms with Crippen LogP contribution in [0.2, 0.25) is 0 Å². The molecule has 172 valence electrons. The van der Waals surface area contributed by atoms with Crippen LogP contribution in [0.1, 0.15) is 35.5 Å². The van der Waals surface area contributed by atoms with E-state index < -0.39 is 24.9 Å². The van der Waals surface area contributed by atoms with Crippen molar-refractivity contribution >= 4 is 34.9 Å². The highest BCUT2D eigenvalue weighted by atomic mass is 31.2. The zero-order valence-corrected chi connectivity index (χ0v) is 19.7. The molecule has 3 rings (SSSR count). The Kier molecular flexibility index (Phi) is 6.17. The maximum Gasteiger partial charge on any atom is 0.416 e. The Labute approximate surface area is 184 Å². The van der Waals surface area contributed by atoms with Crippen molar-refractivity contribution in [2.75, 3.05) is 31.5 Å². The van der Waals surface area contributed by atoms with E-state index in [1.165, 1.54) is 20.1 Å². The van der Waals surface area contributed by atoms with Gasteiger partial charge in [0.1, 0.15) is 24.5 Å². The van der Waals surface area contributed by atoms with Crippen molar-refractivity contribution in [2.45, 2.75) is 33.0 Å². The molecule has 0 spiro atoms. The van der Waals surface area contributed by atoms with Crippen LogP contribution in [0.3, 0.4) is 0 Å². The van der Waals surface area contributed by atoms with Gasteiger partial charge in [-0.1, -0.05) is 0 Å². The first-order valence-electron chi connectivity index (χ1n) is 9.88. The number of nitrogens with two attached hydrogens (primary N) is 1. The fourth-order valence-corrected chi connectivity index (χ4v) is 4.87. The summed E-state index contributed by atoms with van der Waals surface area (Å²) in [6, 6.07) is 5.34. The summed E-state index contributed by atoms with van der Waals surface area (Å²) >= 11 is 0. The average molecular weight is 466 g/mol. The van der Waals surface area contributed by atoms with Crippen LogP contribution >= 0.6 is 7.14 Å². The monoisotopic (exact) mass is 466 g/mol. The number of aromatic nitrogens is 2. The number of hydrogen-bond acceptors (Lipinski definition) is 6. The Hall–Kier alpha value is -2.80. The molecule has 3 aromatic rings. The fourth-order valence-electron chi connectivity index (χ4n) is 3.74. The minimum Gasteiger partial charge on any atom is -0.496 e. The first-order chi connectivity index (χ1) is 14.7. The quantitative estimate of drug-likeness (QED) is 0.393. The summed E-state index contributed by atoms with van der Waals surface area (Å²) in [6.07, 6.45) is -4.51. The molecule has 1 aromatic heterocycles. The van der Waals surface area contributed by atoms with Crippen molar-refractivity contribution < 1.29 is 22.5 Å². The largest absolute Gasteiger partial charge is 0.496 e. The maximum absolute atomic E-state index is 13.5. The number of aryl methyl sites for hydroxylation is 1. The third kappa shape index (κ3) is 4.67. The third-order valence-corrected chi connectivity index (χ3v) is 6.79. The van der Waals surface area contributed by atoms with Gasteiger partial charge in [-0.05, 0) is 63.4 Å². The number of hydrogen-bond donors (Lipinski definition) is 2. The zero-order chi connectivity index (χ0) is 24.0. The van der Waals surface area contributed by atoms with E-state index in [1.807, 2.05) is 0 Å². The first-order valence-corrected chi connectivity index (χ1v) is 12.5. The van der Waals surface area contributed by atoms with E-state index in [0.29, 0.717) is 39.2 Å². The fraction of sp³-hybridized carbons (Fsp3) is 0.364. The molecule has 0 amide bonds. The molecule has 0 aliphatic carbocycles. The number of rotatable bonds is 5. The second-order valence-corrected chi connectivity index (χ2v) is 11.3. The van der Waals surface area contributed by atoms with E-state index in [4.69, 9.17) is 10.5 Å². The molecule has 0 saturated heterocycles. The van der Waals surface area contributed by atoms with Gasteiger partial charge in [0.05, 0.1) is 29.5 Å². The van der Waals surface area contributed by atoms with Crippen LogP contribution in [0.5, 0.6) is 5.75 Å². The molecule has 3 N–H and O–H groups in total. The van der Waals surface area contributed by atoms with Crippen LogP contribution < -0.4 is 21.1 Å². The minimum absolute atomic E-state index is 0.0280. The Morgan fingerprint density at radius 3 is 2.34 bits per heavy atom. The van der Waals surface area contributed by atoms with Crippen molar-refractivity contribution in [3.8, 4) is 5.75 Å². The number of ether oxygens (including phenoxy) is 1. The highest BCUT2D eigenvalue weighted by molar-refractivity contribution is 7.70. The van der Waals surface area contributed by atoms with E-state index in [2.05, 4.69) is 15.3 Å². The van der Waals surface area contributed by atoms with Gasteiger partial charge in [-0.3, -0.25) is 0 Å². The van der Waals surface area contributed by atoms with Gasteiger partial charge in [0.2, 0.25) is 0 Å². The van der Waals surface area contributed by atoms with Gasteiger partial charge in [-0.15, -0.1) is 0 Å². The minimum atomic E-state index is -4.51. The highest BCUT2D eigenvalue weighted by Crippen LogP contribution is 2.41. The molecule has 1 atom stereocenters. The molecule has 32 heavy (non-hydrogen) atoms. The van der Waals surface area contributed by atoms with Crippen molar-refractivity contribution in [3.05, 3.63) is 46.8 Å². The summed E-state index contributed by atoms with van der Waals surface area (Å²) in [5.41, 5.74) is 6.10. The summed E-state index contributed by atoms with van der Waals surface area (Å²) < 4.78 is 58.6. The Morgan fingerprint density at radius 2 is 1.78 bits per heavy atom. The lowest BCUT2D eigenvalue weighted by molar-refractivity contribution is -0.138. The summed E-state index contributed by atoms with van der Waals surface area (Å²) in [5.74, 6) is 1.36. The SMILES string of the molecule is COc1cc2nc(C)nc(N[C@H](C)c3cc(N)cc(C(F)(F)F)c3C)c2cc1P(C)(C)=O. The smallest absolute Gasteiger partial charge is 0.416 e. The zero-order valence-electron chi connectivity index (χ0n) is 18.8. The molecular formula is C22H26F3N4O2P. The lowest BCUT2D eigenvalue weighted by Crippen LogP contribution is -2.16.